The van der Waals surface area contributed by atoms with Crippen LogP contribution in [-0.4, -0.2) is 25.0 Å². The van der Waals surface area contributed by atoms with Crippen molar-refractivity contribution in [1.29, 1.82) is 0 Å². The molecule has 3 nitrogen and oxygen atoms in total. The van der Waals surface area contributed by atoms with Gasteiger partial charge in [-0.2, -0.15) is 0 Å². The van der Waals surface area contributed by atoms with E-state index in [9.17, 15) is 8.42 Å². The van der Waals surface area contributed by atoms with Crippen molar-refractivity contribution < 1.29 is 13.5 Å². The van der Waals surface area contributed by atoms with Gasteiger partial charge in [0, 0.05) is 0 Å². The van der Waals surface area contributed by atoms with E-state index in [0.29, 0.717) is 6.42 Å². The predicted octanol–water partition coefficient (Wildman–Crippen LogP) is 1.59. The van der Waals surface area contributed by atoms with Gasteiger partial charge in [0.2, 0.25) is 0 Å². The molecule has 0 atom stereocenters. The minimum absolute atomic E-state index is 0.128. The molecular formula is C11H12O3S. The van der Waals surface area contributed by atoms with Crippen LogP contribution in [-0.2, 0) is 9.84 Å². The first-order valence-electron chi connectivity index (χ1n) is 4.76. The van der Waals surface area contributed by atoms with Gasteiger partial charge in [-0.25, -0.2) is 8.42 Å². The highest BCUT2D eigenvalue weighted by molar-refractivity contribution is 7.91. The van der Waals surface area contributed by atoms with Crippen LogP contribution >= 0.6 is 0 Å². The van der Waals surface area contributed by atoms with Gasteiger partial charge >= 0.3 is 0 Å². The van der Waals surface area contributed by atoms with E-state index in [0.717, 1.165) is 11.1 Å². The zero-order valence-corrected chi connectivity index (χ0v) is 9.00. The van der Waals surface area contributed by atoms with Crippen molar-refractivity contribution in [3.8, 4) is 5.75 Å². The molecule has 0 saturated carbocycles. The molecule has 0 aromatic heterocycles. The normalized spacial score (nSPS) is 19.6. The van der Waals surface area contributed by atoms with Gasteiger partial charge < -0.3 is 5.11 Å². The molecule has 0 unspecified atom stereocenters. The zero-order valence-electron chi connectivity index (χ0n) is 8.18. The van der Waals surface area contributed by atoms with E-state index in [1.165, 1.54) is 0 Å². The SMILES string of the molecule is O=S1(=O)CC=C(c2ccc(O)cc2)CC1. The Bertz CT molecular complexity index is 483. The highest BCUT2D eigenvalue weighted by atomic mass is 32.2. The second kappa shape index (κ2) is 3.70. The van der Waals surface area contributed by atoms with Crippen LogP contribution in [0.25, 0.3) is 5.57 Å². The summed E-state index contributed by atoms with van der Waals surface area (Å²) in [5.41, 5.74) is 2.03. The van der Waals surface area contributed by atoms with Crippen LogP contribution < -0.4 is 0 Å². The molecule has 1 aromatic rings. The Morgan fingerprint density at radius 1 is 1.13 bits per heavy atom. The molecule has 1 N–H and O–H groups in total. The summed E-state index contributed by atoms with van der Waals surface area (Å²) in [6.07, 6.45) is 2.32. The van der Waals surface area contributed by atoms with Gasteiger partial charge in [0.25, 0.3) is 0 Å². The molecule has 0 bridgehead atoms. The van der Waals surface area contributed by atoms with E-state index in [1.54, 1.807) is 30.3 Å². The van der Waals surface area contributed by atoms with Gasteiger partial charge in [-0.15, -0.1) is 0 Å². The molecule has 1 heterocycles. The van der Waals surface area contributed by atoms with Crippen molar-refractivity contribution in [2.75, 3.05) is 11.5 Å². The minimum atomic E-state index is -2.86. The highest BCUT2D eigenvalue weighted by Crippen LogP contribution is 2.24. The fraction of sp³-hybridized carbons (Fsp3) is 0.273. The van der Waals surface area contributed by atoms with Crippen LogP contribution in [0.3, 0.4) is 0 Å². The molecule has 15 heavy (non-hydrogen) atoms. The molecule has 1 aliphatic rings. The number of benzene rings is 1. The van der Waals surface area contributed by atoms with Crippen LogP contribution in [0.2, 0.25) is 0 Å². The molecule has 0 saturated heterocycles. The molecule has 1 aliphatic heterocycles. The van der Waals surface area contributed by atoms with Crippen LogP contribution in [0.5, 0.6) is 5.75 Å². The molecule has 1 aromatic carbocycles. The van der Waals surface area contributed by atoms with Crippen molar-refractivity contribution in [2.24, 2.45) is 0 Å². The summed E-state index contributed by atoms with van der Waals surface area (Å²) >= 11 is 0. The van der Waals surface area contributed by atoms with Crippen molar-refractivity contribution in [1.82, 2.24) is 0 Å². The fourth-order valence-electron chi connectivity index (χ4n) is 1.62. The summed E-state index contributed by atoms with van der Waals surface area (Å²) in [6, 6.07) is 6.83. The van der Waals surface area contributed by atoms with Crippen molar-refractivity contribution in [3.05, 3.63) is 35.9 Å². The zero-order chi connectivity index (χ0) is 10.9. The third-order valence-corrected chi connectivity index (χ3v) is 4.00. The fourth-order valence-corrected chi connectivity index (χ4v) is 2.77. The Morgan fingerprint density at radius 3 is 2.33 bits per heavy atom. The minimum Gasteiger partial charge on any atom is -0.508 e. The summed E-state index contributed by atoms with van der Waals surface area (Å²) in [6.45, 7) is 0. The summed E-state index contributed by atoms with van der Waals surface area (Å²) in [5, 5.41) is 9.12. The largest absolute Gasteiger partial charge is 0.508 e. The Kier molecular flexibility index (Phi) is 2.52. The first kappa shape index (κ1) is 10.2. The van der Waals surface area contributed by atoms with E-state index in [-0.39, 0.29) is 17.3 Å². The maximum absolute atomic E-state index is 11.2. The number of phenols is 1. The Hall–Kier alpha value is -1.29. The van der Waals surface area contributed by atoms with E-state index in [2.05, 4.69) is 0 Å². The Morgan fingerprint density at radius 2 is 1.80 bits per heavy atom. The standard InChI is InChI=1S/C11H12O3S/c12-11-3-1-9(2-4-11)10-5-7-15(13,14)8-6-10/h1-5,12H,6-8H2. The summed E-state index contributed by atoms with van der Waals surface area (Å²) in [5.74, 6) is 0.575. The lowest BCUT2D eigenvalue weighted by molar-refractivity contribution is 0.475. The molecule has 80 valence electrons. The molecule has 0 aliphatic carbocycles. The van der Waals surface area contributed by atoms with E-state index >= 15 is 0 Å². The maximum atomic E-state index is 11.2. The maximum Gasteiger partial charge on any atom is 0.154 e. The number of phenolic OH excluding ortho intramolecular Hbond substituents is 1. The third-order valence-electron chi connectivity index (χ3n) is 2.50. The molecular weight excluding hydrogens is 212 g/mol. The molecule has 0 amide bonds. The molecule has 0 radical (unpaired) electrons. The van der Waals surface area contributed by atoms with E-state index in [4.69, 9.17) is 5.11 Å². The molecule has 4 heteroatoms. The first-order valence-corrected chi connectivity index (χ1v) is 6.58. The third kappa shape index (κ3) is 2.39. The van der Waals surface area contributed by atoms with E-state index in [1.807, 2.05) is 0 Å². The number of rotatable bonds is 1. The monoisotopic (exact) mass is 224 g/mol. The van der Waals surface area contributed by atoms with Crippen molar-refractivity contribution in [2.45, 2.75) is 6.42 Å². The Balaban J connectivity index is 2.27. The number of hydrogen-bond donors (Lipinski definition) is 1. The lowest BCUT2D eigenvalue weighted by Gasteiger charge is -2.13. The molecule has 2 rings (SSSR count). The van der Waals surface area contributed by atoms with E-state index < -0.39 is 9.84 Å². The van der Waals surface area contributed by atoms with Crippen LogP contribution in [0.15, 0.2) is 30.3 Å². The quantitative estimate of drug-likeness (QED) is 0.788. The summed E-state index contributed by atoms with van der Waals surface area (Å²) in [4.78, 5) is 0. The average molecular weight is 224 g/mol. The summed E-state index contributed by atoms with van der Waals surface area (Å²) < 4.78 is 22.4. The number of hydrogen-bond acceptors (Lipinski definition) is 3. The summed E-state index contributed by atoms with van der Waals surface area (Å²) in [7, 11) is -2.86. The smallest absolute Gasteiger partial charge is 0.154 e. The number of aromatic hydroxyl groups is 1. The van der Waals surface area contributed by atoms with Gasteiger partial charge in [-0.1, -0.05) is 18.2 Å². The predicted molar refractivity (Wildman–Crippen MR) is 59.4 cm³/mol. The highest BCUT2D eigenvalue weighted by Gasteiger charge is 2.17. The second-order valence-corrected chi connectivity index (χ2v) is 5.87. The van der Waals surface area contributed by atoms with Crippen molar-refractivity contribution >= 4 is 15.4 Å². The molecule has 0 fully saturated rings. The van der Waals surface area contributed by atoms with Gasteiger partial charge in [-0.05, 0) is 29.7 Å². The topological polar surface area (TPSA) is 54.4 Å². The van der Waals surface area contributed by atoms with Crippen LogP contribution in [0.4, 0.5) is 0 Å². The lowest BCUT2D eigenvalue weighted by Crippen LogP contribution is -2.14. The van der Waals surface area contributed by atoms with Crippen LogP contribution in [0.1, 0.15) is 12.0 Å². The van der Waals surface area contributed by atoms with Crippen LogP contribution in [0, 0.1) is 0 Å². The molecule has 0 spiro atoms. The van der Waals surface area contributed by atoms with Gasteiger partial charge in [0.05, 0.1) is 11.5 Å². The first-order chi connectivity index (χ1) is 7.07. The van der Waals surface area contributed by atoms with Gasteiger partial charge in [-0.3, -0.25) is 0 Å². The second-order valence-electron chi connectivity index (χ2n) is 3.64. The average Bonchev–Trinajstić information content (AvgIpc) is 2.20. The number of sulfone groups is 1. The van der Waals surface area contributed by atoms with Gasteiger partial charge in [0.1, 0.15) is 5.75 Å². The lowest BCUT2D eigenvalue weighted by atomic mass is 10.0. The van der Waals surface area contributed by atoms with Gasteiger partial charge in [0.15, 0.2) is 9.84 Å². The van der Waals surface area contributed by atoms with Crippen molar-refractivity contribution in [3.63, 3.8) is 0 Å². The Labute approximate surface area is 89.0 Å². The number of allylic oxidation sites excluding steroid dienone is 1.